The minimum Gasteiger partial charge on any atom is -0.618 e. The molecule has 0 atom stereocenters. The van der Waals surface area contributed by atoms with Gasteiger partial charge in [-0.25, -0.2) is 9.59 Å². The standard InChI is InChI=1S/C12H8N2O6S2/c15-11(16)7-1-3-9(13(19)5-7)21-22-10-4-2-8(12(17)18)6-14(10)20/h1-6H,(H,15,16)(H,17,18). The third-order valence-electron chi connectivity index (χ3n) is 2.46. The highest BCUT2D eigenvalue weighted by Crippen LogP contribution is 2.33. The Balaban J connectivity index is 2.13. The van der Waals surface area contributed by atoms with Gasteiger partial charge < -0.3 is 20.6 Å². The van der Waals surface area contributed by atoms with Crippen molar-refractivity contribution >= 4 is 33.5 Å². The predicted octanol–water partition coefficient (Wildman–Crippen LogP) is 1.15. The quantitative estimate of drug-likeness (QED) is 0.471. The Labute approximate surface area is 131 Å². The highest BCUT2D eigenvalue weighted by Gasteiger charge is 2.16. The van der Waals surface area contributed by atoms with Crippen molar-refractivity contribution in [2.45, 2.75) is 10.1 Å². The van der Waals surface area contributed by atoms with Gasteiger partial charge >= 0.3 is 11.9 Å². The Kier molecular flexibility index (Phi) is 4.73. The number of nitrogens with zero attached hydrogens (tertiary/aromatic N) is 2. The molecular weight excluding hydrogens is 332 g/mol. The van der Waals surface area contributed by atoms with Crippen molar-refractivity contribution in [3.63, 3.8) is 0 Å². The molecule has 0 fully saturated rings. The lowest BCUT2D eigenvalue weighted by molar-refractivity contribution is -0.646. The van der Waals surface area contributed by atoms with Crippen molar-refractivity contribution in [3.05, 3.63) is 58.2 Å². The number of aromatic carboxylic acids is 2. The van der Waals surface area contributed by atoms with Crippen LogP contribution in [0.5, 0.6) is 0 Å². The van der Waals surface area contributed by atoms with E-state index in [2.05, 4.69) is 0 Å². The lowest BCUT2D eigenvalue weighted by atomic mass is 10.3. The highest BCUT2D eigenvalue weighted by atomic mass is 33.1. The molecule has 2 N–H and O–H groups in total. The van der Waals surface area contributed by atoms with Gasteiger partial charge in [0.05, 0.1) is 0 Å². The first-order valence-electron chi connectivity index (χ1n) is 5.66. The molecule has 2 aromatic heterocycles. The third kappa shape index (κ3) is 3.59. The van der Waals surface area contributed by atoms with E-state index in [1.807, 2.05) is 0 Å². The van der Waals surface area contributed by atoms with Gasteiger partial charge in [-0.2, -0.15) is 9.46 Å². The van der Waals surface area contributed by atoms with Crippen LogP contribution in [0.4, 0.5) is 0 Å². The van der Waals surface area contributed by atoms with Crippen molar-refractivity contribution in [3.8, 4) is 0 Å². The van der Waals surface area contributed by atoms with E-state index in [1.54, 1.807) is 0 Å². The number of carbonyl (C=O) groups is 2. The summed E-state index contributed by atoms with van der Waals surface area (Å²) in [5.74, 6) is -2.43. The summed E-state index contributed by atoms with van der Waals surface area (Å²) in [7, 11) is 1.91. The molecule has 10 heteroatoms. The van der Waals surface area contributed by atoms with Crippen LogP contribution >= 0.6 is 21.6 Å². The van der Waals surface area contributed by atoms with Gasteiger partial charge in [0.2, 0.25) is 0 Å². The molecule has 2 aromatic rings. The zero-order valence-electron chi connectivity index (χ0n) is 10.7. The van der Waals surface area contributed by atoms with Crippen LogP contribution in [0.3, 0.4) is 0 Å². The predicted molar refractivity (Wildman–Crippen MR) is 76.4 cm³/mol. The molecule has 0 bridgehead atoms. The average molecular weight is 340 g/mol. The normalized spacial score (nSPS) is 10.4. The molecule has 114 valence electrons. The minimum absolute atomic E-state index is 0.144. The third-order valence-corrected chi connectivity index (χ3v) is 4.80. The molecule has 22 heavy (non-hydrogen) atoms. The van der Waals surface area contributed by atoms with Crippen LogP contribution in [0.25, 0.3) is 0 Å². The molecule has 0 radical (unpaired) electrons. The summed E-state index contributed by atoms with van der Waals surface area (Å²) in [5, 5.41) is 41.2. The first-order chi connectivity index (χ1) is 10.4. The van der Waals surface area contributed by atoms with Gasteiger partial charge in [0.25, 0.3) is 10.1 Å². The monoisotopic (exact) mass is 340 g/mol. The summed E-state index contributed by atoms with van der Waals surface area (Å²) < 4.78 is 0.782. The Hall–Kier alpha value is -2.46. The number of rotatable bonds is 5. The Morgan fingerprint density at radius 2 is 1.18 bits per heavy atom. The number of aromatic nitrogens is 2. The summed E-state index contributed by atoms with van der Waals surface area (Å²) in [5.41, 5.74) is -0.289. The summed E-state index contributed by atoms with van der Waals surface area (Å²) in [6, 6.07) is 5.21. The van der Waals surface area contributed by atoms with Crippen LogP contribution in [0.2, 0.25) is 0 Å². The molecule has 0 spiro atoms. The molecule has 0 aliphatic rings. The van der Waals surface area contributed by atoms with Crippen LogP contribution in [-0.2, 0) is 0 Å². The van der Waals surface area contributed by atoms with Crippen molar-refractivity contribution in [2.24, 2.45) is 0 Å². The summed E-state index contributed by atoms with van der Waals surface area (Å²) in [6.07, 6.45) is 1.84. The SMILES string of the molecule is O=C(O)c1ccc(SSc2ccc(C(=O)O)c[n+]2[O-])[n+]([O-])c1. The van der Waals surface area contributed by atoms with Crippen LogP contribution < -0.4 is 9.46 Å². The fraction of sp³-hybridized carbons (Fsp3) is 0. The molecule has 0 saturated carbocycles. The van der Waals surface area contributed by atoms with Gasteiger partial charge in [-0.1, -0.05) is 0 Å². The molecule has 8 nitrogen and oxygen atoms in total. The summed E-state index contributed by atoms with van der Waals surface area (Å²) >= 11 is 0. The van der Waals surface area contributed by atoms with E-state index >= 15 is 0 Å². The summed E-state index contributed by atoms with van der Waals surface area (Å²) in [4.78, 5) is 21.4. The second-order valence-electron chi connectivity index (χ2n) is 3.94. The first kappa shape index (κ1) is 15.9. The molecule has 0 aliphatic heterocycles. The molecule has 0 aliphatic carbocycles. The average Bonchev–Trinajstić information content (AvgIpc) is 2.46. The summed E-state index contributed by atoms with van der Waals surface area (Å²) in [6.45, 7) is 0. The number of carboxylic acid groups (broad SMARTS) is 2. The zero-order chi connectivity index (χ0) is 16.3. The van der Waals surface area contributed by atoms with E-state index in [-0.39, 0.29) is 21.2 Å². The second-order valence-corrected chi connectivity index (χ2v) is 6.11. The lowest BCUT2D eigenvalue weighted by Gasteiger charge is -2.05. The molecule has 0 unspecified atom stereocenters. The van der Waals surface area contributed by atoms with Crippen LogP contribution in [-0.4, -0.2) is 22.2 Å². The van der Waals surface area contributed by atoms with E-state index in [0.717, 1.165) is 34.0 Å². The van der Waals surface area contributed by atoms with E-state index in [0.29, 0.717) is 9.46 Å². The maximum absolute atomic E-state index is 11.7. The van der Waals surface area contributed by atoms with Gasteiger partial charge in [0.1, 0.15) is 11.1 Å². The Morgan fingerprint density at radius 3 is 1.45 bits per heavy atom. The smallest absolute Gasteiger partial charge is 0.341 e. The van der Waals surface area contributed by atoms with Gasteiger partial charge in [-0.3, -0.25) is 0 Å². The molecule has 2 rings (SSSR count). The fourth-order valence-corrected chi connectivity index (χ4v) is 3.36. The van der Waals surface area contributed by atoms with E-state index < -0.39 is 11.9 Å². The Bertz CT molecular complexity index is 689. The van der Waals surface area contributed by atoms with Gasteiger partial charge in [-0.05, 0) is 12.1 Å². The van der Waals surface area contributed by atoms with Gasteiger partial charge in [-0.15, -0.1) is 0 Å². The van der Waals surface area contributed by atoms with Gasteiger partial charge in [0.15, 0.2) is 12.4 Å². The number of carboxylic acids is 2. The lowest BCUT2D eigenvalue weighted by Crippen LogP contribution is -2.31. The zero-order valence-corrected chi connectivity index (χ0v) is 12.3. The van der Waals surface area contributed by atoms with E-state index in [9.17, 15) is 20.0 Å². The van der Waals surface area contributed by atoms with Crippen LogP contribution in [0, 0.1) is 10.4 Å². The number of pyridine rings is 2. The van der Waals surface area contributed by atoms with E-state index in [1.165, 1.54) is 24.3 Å². The Morgan fingerprint density at radius 1 is 0.818 bits per heavy atom. The van der Waals surface area contributed by atoms with Crippen molar-refractivity contribution in [2.75, 3.05) is 0 Å². The number of hydrogen-bond acceptors (Lipinski definition) is 6. The largest absolute Gasteiger partial charge is 0.618 e. The van der Waals surface area contributed by atoms with E-state index in [4.69, 9.17) is 10.2 Å². The molecule has 0 saturated heterocycles. The maximum Gasteiger partial charge on any atom is 0.341 e. The molecule has 2 heterocycles. The molecule has 0 aromatic carbocycles. The minimum atomic E-state index is -1.21. The highest BCUT2D eigenvalue weighted by molar-refractivity contribution is 8.76. The molecular formula is C12H8N2O6S2. The van der Waals surface area contributed by atoms with Crippen LogP contribution in [0.15, 0.2) is 46.7 Å². The second kappa shape index (κ2) is 6.54. The van der Waals surface area contributed by atoms with Crippen molar-refractivity contribution in [1.82, 2.24) is 0 Å². The van der Waals surface area contributed by atoms with Crippen molar-refractivity contribution < 1.29 is 29.3 Å². The van der Waals surface area contributed by atoms with Gasteiger partial charge in [0, 0.05) is 33.7 Å². The fourth-order valence-electron chi connectivity index (χ4n) is 1.40. The topological polar surface area (TPSA) is 128 Å². The molecule has 0 amide bonds. The number of hydrogen-bond donors (Lipinski definition) is 2. The maximum atomic E-state index is 11.7. The first-order valence-corrected chi connectivity index (χ1v) is 7.81. The van der Waals surface area contributed by atoms with Crippen LogP contribution in [0.1, 0.15) is 20.7 Å². The van der Waals surface area contributed by atoms with Crippen molar-refractivity contribution in [1.29, 1.82) is 0 Å².